The summed E-state index contributed by atoms with van der Waals surface area (Å²) in [5, 5.41) is 10.5. The topological polar surface area (TPSA) is 84.2 Å². The summed E-state index contributed by atoms with van der Waals surface area (Å²) in [6.45, 7) is 1.12. The first-order chi connectivity index (χ1) is 11.5. The summed E-state index contributed by atoms with van der Waals surface area (Å²) in [6.07, 6.45) is 1.34. The molecule has 0 N–H and O–H groups in total. The summed E-state index contributed by atoms with van der Waals surface area (Å²) >= 11 is 0. The fourth-order valence-electron chi connectivity index (χ4n) is 2.48. The summed E-state index contributed by atoms with van der Waals surface area (Å²) < 4.78 is 28.2. The van der Waals surface area contributed by atoms with E-state index in [0.717, 1.165) is 18.2 Å². The van der Waals surface area contributed by atoms with E-state index in [4.69, 9.17) is 0 Å². The highest BCUT2D eigenvalue weighted by Gasteiger charge is 2.26. The quantitative estimate of drug-likeness (QED) is 0.784. The molecule has 2 aromatic rings. The largest absolute Gasteiger partial charge is 0.338 e. The summed E-state index contributed by atoms with van der Waals surface area (Å²) in [5.41, 5.74) is -0.302. The van der Waals surface area contributed by atoms with Gasteiger partial charge in [-0.3, -0.25) is 9.59 Å². The van der Waals surface area contributed by atoms with Crippen molar-refractivity contribution in [1.82, 2.24) is 30.0 Å². The Bertz CT molecular complexity index is 744. The average molecular weight is 336 g/mol. The molecule has 1 fully saturated rings. The molecule has 0 radical (unpaired) electrons. The van der Waals surface area contributed by atoms with Gasteiger partial charge in [-0.05, 0) is 28.6 Å². The van der Waals surface area contributed by atoms with Crippen molar-refractivity contribution >= 4 is 11.8 Å². The molecule has 10 heteroatoms. The highest BCUT2D eigenvalue weighted by Crippen LogP contribution is 2.14. The molecule has 0 bridgehead atoms. The van der Waals surface area contributed by atoms with Crippen LogP contribution < -0.4 is 0 Å². The normalized spacial score (nSPS) is 14.8. The second-order valence-electron chi connectivity index (χ2n) is 5.30. The maximum atomic E-state index is 13.7. The molecule has 0 spiro atoms. The molecule has 8 nitrogen and oxygen atoms in total. The molecular weight excluding hydrogens is 322 g/mol. The van der Waals surface area contributed by atoms with Crippen molar-refractivity contribution < 1.29 is 18.4 Å². The molecule has 0 saturated carbocycles. The third-order valence-electron chi connectivity index (χ3n) is 3.77. The smallest absolute Gasteiger partial charge is 0.257 e. The molecule has 126 valence electrons. The first-order valence-electron chi connectivity index (χ1n) is 7.27. The number of aromatic nitrogens is 4. The van der Waals surface area contributed by atoms with Gasteiger partial charge >= 0.3 is 0 Å². The number of benzene rings is 1. The first-order valence-corrected chi connectivity index (χ1v) is 7.27. The van der Waals surface area contributed by atoms with E-state index in [0.29, 0.717) is 13.1 Å². The lowest BCUT2D eigenvalue weighted by Gasteiger charge is -2.34. The van der Waals surface area contributed by atoms with Crippen LogP contribution in [-0.2, 0) is 11.3 Å². The van der Waals surface area contributed by atoms with Crippen molar-refractivity contribution in [1.29, 1.82) is 0 Å². The standard InChI is InChI=1S/C14H14F2N6O2/c15-10-1-2-12(16)11(7-10)14(24)21-5-3-20(4-6-21)13(23)8-22-9-17-18-19-22/h1-2,7,9H,3-6,8H2. The van der Waals surface area contributed by atoms with Crippen molar-refractivity contribution in [3.8, 4) is 0 Å². The van der Waals surface area contributed by atoms with Gasteiger partial charge in [0, 0.05) is 26.2 Å². The van der Waals surface area contributed by atoms with Crippen molar-refractivity contribution in [3.05, 3.63) is 41.7 Å². The number of carbonyl (C=O) groups excluding carboxylic acids is 2. The summed E-state index contributed by atoms with van der Waals surface area (Å²) in [4.78, 5) is 27.4. The summed E-state index contributed by atoms with van der Waals surface area (Å²) in [7, 11) is 0. The number of amides is 2. The molecule has 1 aliphatic heterocycles. The van der Waals surface area contributed by atoms with Crippen LogP contribution in [0.2, 0.25) is 0 Å². The number of carbonyl (C=O) groups is 2. The zero-order valence-electron chi connectivity index (χ0n) is 12.6. The van der Waals surface area contributed by atoms with E-state index in [2.05, 4.69) is 15.5 Å². The van der Waals surface area contributed by atoms with E-state index < -0.39 is 17.5 Å². The Hall–Kier alpha value is -2.91. The second kappa shape index (κ2) is 6.69. The Morgan fingerprint density at radius 1 is 1.08 bits per heavy atom. The van der Waals surface area contributed by atoms with Gasteiger partial charge in [-0.1, -0.05) is 0 Å². The molecule has 0 aliphatic carbocycles. The number of nitrogens with zero attached hydrogens (tertiary/aromatic N) is 6. The minimum absolute atomic E-state index is 0.0134. The molecule has 1 saturated heterocycles. The van der Waals surface area contributed by atoms with Gasteiger partial charge in [0.1, 0.15) is 24.5 Å². The number of halogens is 2. The first kappa shape index (κ1) is 16.0. The van der Waals surface area contributed by atoms with Gasteiger partial charge < -0.3 is 9.80 Å². The van der Waals surface area contributed by atoms with E-state index in [1.807, 2.05) is 0 Å². The van der Waals surface area contributed by atoms with Crippen LogP contribution in [0.3, 0.4) is 0 Å². The van der Waals surface area contributed by atoms with E-state index in [1.54, 1.807) is 4.90 Å². The van der Waals surface area contributed by atoms with Gasteiger partial charge in [0.2, 0.25) is 5.91 Å². The van der Waals surface area contributed by atoms with Crippen LogP contribution in [0.25, 0.3) is 0 Å². The number of hydrogen-bond donors (Lipinski definition) is 0. The number of tetrazole rings is 1. The third-order valence-corrected chi connectivity index (χ3v) is 3.77. The van der Waals surface area contributed by atoms with Crippen molar-refractivity contribution in [2.45, 2.75) is 6.54 Å². The Kier molecular flexibility index (Phi) is 4.45. The van der Waals surface area contributed by atoms with E-state index in [1.165, 1.54) is 15.9 Å². The van der Waals surface area contributed by atoms with Crippen molar-refractivity contribution in [2.24, 2.45) is 0 Å². The predicted molar refractivity (Wildman–Crippen MR) is 76.7 cm³/mol. The van der Waals surface area contributed by atoms with Crippen LogP contribution in [0.5, 0.6) is 0 Å². The van der Waals surface area contributed by atoms with Crippen LogP contribution in [0, 0.1) is 11.6 Å². The molecule has 1 aliphatic rings. The molecule has 3 rings (SSSR count). The molecule has 1 aromatic carbocycles. The maximum Gasteiger partial charge on any atom is 0.257 e. The van der Waals surface area contributed by atoms with Crippen LogP contribution in [0.15, 0.2) is 24.5 Å². The van der Waals surface area contributed by atoms with E-state index in [-0.39, 0.29) is 31.1 Å². The molecule has 2 amide bonds. The van der Waals surface area contributed by atoms with Gasteiger partial charge in [-0.2, -0.15) is 0 Å². The SMILES string of the molecule is O=C(Cn1cnnn1)N1CCN(C(=O)c2cc(F)ccc2F)CC1. The summed E-state index contributed by atoms with van der Waals surface area (Å²) in [6, 6.07) is 2.77. The second-order valence-corrected chi connectivity index (χ2v) is 5.30. The molecule has 0 atom stereocenters. The Morgan fingerprint density at radius 2 is 1.79 bits per heavy atom. The molecule has 0 unspecified atom stereocenters. The monoisotopic (exact) mass is 336 g/mol. The molecule has 1 aromatic heterocycles. The number of hydrogen-bond acceptors (Lipinski definition) is 5. The Morgan fingerprint density at radius 3 is 2.46 bits per heavy atom. The Labute approximate surface area is 135 Å². The average Bonchev–Trinajstić information content (AvgIpc) is 3.09. The highest BCUT2D eigenvalue weighted by molar-refractivity contribution is 5.94. The number of piperazine rings is 1. The zero-order valence-corrected chi connectivity index (χ0v) is 12.6. The van der Waals surface area contributed by atoms with Gasteiger partial charge in [0.05, 0.1) is 5.56 Å². The lowest BCUT2D eigenvalue weighted by molar-refractivity contribution is -0.133. The zero-order chi connectivity index (χ0) is 17.1. The van der Waals surface area contributed by atoms with Crippen LogP contribution in [-0.4, -0.2) is 68.0 Å². The lowest BCUT2D eigenvalue weighted by Crippen LogP contribution is -2.51. The van der Waals surface area contributed by atoms with Crippen LogP contribution in [0.1, 0.15) is 10.4 Å². The van der Waals surface area contributed by atoms with E-state index in [9.17, 15) is 18.4 Å². The van der Waals surface area contributed by atoms with Crippen molar-refractivity contribution in [2.75, 3.05) is 26.2 Å². The van der Waals surface area contributed by atoms with Gasteiger partial charge in [0.15, 0.2) is 0 Å². The maximum absolute atomic E-state index is 13.7. The van der Waals surface area contributed by atoms with Gasteiger partial charge in [-0.15, -0.1) is 5.10 Å². The lowest BCUT2D eigenvalue weighted by atomic mass is 10.1. The fourth-order valence-corrected chi connectivity index (χ4v) is 2.48. The number of rotatable bonds is 3. The highest BCUT2D eigenvalue weighted by atomic mass is 19.1. The van der Waals surface area contributed by atoms with Crippen molar-refractivity contribution in [3.63, 3.8) is 0 Å². The van der Waals surface area contributed by atoms with Gasteiger partial charge in [0.25, 0.3) is 5.91 Å². The third kappa shape index (κ3) is 3.36. The molecular formula is C14H14F2N6O2. The van der Waals surface area contributed by atoms with Crippen LogP contribution in [0.4, 0.5) is 8.78 Å². The predicted octanol–water partition coefficient (Wildman–Crippen LogP) is -0.0641. The van der Waals surface area contributed by atoms with E-state index >= 15 is 0 Å². The van der Waals surface area contributed by atoms with Gasteiger partial charge in [-0.25, -0.2) is 13.5 Å². The molecule has 2 heterocycles. The fraction of sp³-hybridized carbons (Fsp3) is 0.357. The Balaban J connectivity index is 1.59. The minimum atomic E-state index is -0.765. The molecule has 24 heavy (non-hydrogen) atoms. The summed E-state index contributed by atoms with van der Waals surface area (Å²) in [5.74, 6) is -2.19. The minimum Gasteiger partial charge on any atom is -0.338 e. The van der Waals surface area contributed by atoms with Crippen LogP contribution >= 0.6 is 0 Å².